The van der Waals surface area contributed by atoms with Crippen molar-refractivity contribution in [3.63, 3.8) is 0 Å². The van der Waals surface area contributed by atoms with Gasteiger partial charge in [0.1, 0.15) is 37.7 Å². The van der Waals surface area contributed by atoms with E-state index in [9.17, 15) is 10.2 Å². The van der Waals surface area contributed by atoms with Crippen molar-refractivity contribution in [1.29, 1.82) is 0 Å². The van der Waals surface area contributed by atoms with Crippen LogP contribution in [0, 0.1) is 0 Å². The Hall–Kier alpha value is -2.49. The number of benzene rings is 2. The summed E-state index contributed by atoms with van der Waals surface area (Å²) in [7, 11) is 0. The summed E-state index contributed by atoms with van der Waals surface area (Å²) in [4.78, 5) is 2.28. The van der Waals surface area contributed by atoms with Crippen molar-refractivity contribution in [3.05, 3.63) is 57.6 Å². The van der Waals surface area contributed by atoms with Gasteiger partial charge in [0.05, 0.1) is 0 Å². The Morgan fingerprint density at radius 2 is 1.08 bits per heavy atom. The Balaban J connectivity index is 1.94. The number of aromatic hydroxyl groups is 2. The van der Waals surface area contributed by atoms with Crippen molar-refractivity contribution in [3.8, 4) is 11.5 Å². The number of phenols is 2. The SMILES string of the molecule is CC(C)(C)c1cc(CN2C=[N+](Cc3cc(C(C)(C)C)cc(C(C)(C)C)c3O)CC2)c(O)c(C(C)(C)C)c1. The predicted octanol–water partition coefficient (Wildman–Crippen LogP) is 7.34. The van der Waals surface area contributed by atoms with Crippen molar-refractivity contribution in [2.45, 2.75) is 118 Å². The van der Waals surface area contributed by atoms with E-state index in [-0.39, 0.29) is 21.7 Å². The van der Waals surface area contributed by atoms with Gasteiger partial charge in [0.25, 0.3) is 0 Å². The highest BCUT2D eigenvalue weighted by Gasteiger charge is 2.29. The van der Waals surface area contributed by atoms with Crippen LogP contribution in [0.4, 0.5) is 0 Å². The summed E-state index contributed by atoms with van der Waals surface area (Å²) < 4.78 is 2.28. The molecule has 1 aliphatic rings. The summed E-state index contributed by atoms with van der Waals surface area (Å²) in [6.07, 6.45) is 2.17. The van der Waals surface area contributed by atoms with Crippen LogP contribution < -0.4 is 0 Å². The number of rotatable bonds is 4. The van der Waals surface area contributed by atoms with Crippen LogP contribution in [-0.4, -0.2) is 39.1 Å². The second kappa shape index (κ2) is 9.67. The number of hydrogen-bond acceptors (Lipinski definition) is 3. The minimum atomic E-state index is -0.138. The third-order valence-corrected chi connectivity index (χ3v) is 7.47. The monoisotopic (exact) mass is 507 g/mol. The first kappa shape index (κ1) is 29.1. The number of hydrogen-bond donors (Lipinski definition) is 2. The van der Waals surface area contributed by atoms with Crippen molar-refractivity contribution in [1.82, 2.24) is 4.90 Å². The molecule has 0 aliphatic carbocycles. The van der Waals surface area contributed by atoms with E-state index in [1.807, 2.05) is 0 Å². The molecule has 0 unspecified atom stereocenters. The van der Waals surface area contributed by atoms with Crippen LogP contribution in [0.3, 0.4) is 0 Å². The molecule has 1 heterocycles. The molecule has 204 valence electrons. The highest BCUT2D eigenvalue weighted by Crippen LogP contribution is 2.39. The average Bonchev–Trinajstić information content (AvgIpc) is 3.14. The Kier molecular flexibility index (Phi) is 7.60. The Bertz CT molecular complexity index is 1180. The zero-order valence-electron chi connectivity index (χ0n) is 25.5. The Morgan fingerprint density at radius 3 is 1.51 bits per heavy atom. The summed E-state index contributed by atoms with van der Waals surface area (Å²) >= 11 is 0. The quantitative estimate of drug-likeness (QED) is 0.426. The van der Waals surface area contributed by atoms with Crippen LogP contribution in [0.5, 0.6) is 11.5 Å². The second-order valence-corrected chi connectivity index (χ2v) is 15.1. The van der Waals surface area contributed by atoms with E-state index < -0.39 is 0 Å². The molecule has 0 saturated carbocycles. The normalized spacial score (nSPS) is 15.4. The van der Waals surface area contributed by atoms with Crippen LogP contribution >= 0.6 is 0 Å². The molecule has 0 amide bonds. The van der Waals surface area contributed by atoms with E-state index in [1.54, 1.807) is 0 Å². The number of nitrogens with zero attached hydrogens (tertiary/aromatic N) is 2. The molecule has 0 atom stereocenters. The van der Waals surface area contributed by atoms with Crippen molar-refractivity contribution < 1.29 is 14.8 Å². The highest BCUT2D eigenvalue weighted by molar-refractivity contribution is 5.54. The van der Waals surface area contributed by atoms with Gasteiger partial charge in [-0.15, -0.1) is 0 Å². The van der Waals surface area contributed by atoms with Gasteiger partial charge in [-0.2, -0.15) is 0 Å². The summed E-state index contributed by atoms with van der Waals surface area (Å²) in [5.74, 6) is 0.829. The van der Waals surface area contributed by atoms with Crippen LogP contribution in [-0.2, 0) is 34.7 Å². The number of phenolic OH excluding ortho intramolecular Hbond substituents is 2. The molecule has 0 saturated heterocycles. The first-order chi connectivity index (χ1) is 16.7. The Labute approximate surface area is 226 Å². The molecular formula is C33H51N2O2+. The van der Waals surface area contributed by atoms with Gasteiger partial charge in [-0.25, -0.2) is 0 Å². The molecule has 2 N–H and O–H groups in total. The van der Waals surface area contributed by atoms with Gasteiger partial charge in [-0.1, -0.05) is 95.2 Å². The topological polar surface area (TPSA) is 46.7 Å². The van der Waals surface area contributed by atoms with Gasteiger partial charge in [-0.3, -0.25) is 9.48 Å². The predicted molar refractivity (Wildman–Crippen MR) is 156 cm³/mol. The molecule has 4 nitrogen and oxygen atoms in total. The van der Waals surface area contributed by atoms with E-state index in [1.165, 1.54) is 11.1 Å². The summed E-state index contributed by atoms with van der Waals surface area (Å²) in [6.45, 7) is 29.4. The van der Waals surface area contributed by atoms with E-state index in [2.05, 4.69) is 123 Å². The lowest BCUT2D eigenvalue weighted by Crippen LogP contribution is -2.22. The Morgan fingerprint density at radius 1 is 0.649 bits per heavy atom. The molecule has 1 aliphatic heterocycles. The average molecular weight is 508 g/mol. The lowest BCUT2D eigenvalue weighted by molar-refractivity contribution is -0.530. The molecule has 0 radical (unpaired) electrons. The van der Waals surface area contributed by atoms with E-state index in [4.69, 9.17) is 0 Å². The van der Waals surface area contributed by atoms with Crippen LogP contribution in [0.15, 0.2) is 24.3 Å². The van der Waals surface area contributed by atoms with Gasteiger partial charge in [0, 0.05) is 11.1 Å². The largest absolute Gasteiger partial charge is 0.507 e. The summed E-state index contributed by atoms with van der Waals surface area (Å²) in [6, 6.07) is 8.71. The molecule has 3 rings (SSSR count). The molecular weight excluding hydrogens is 456 g/mol. The fraction of sp³-hybridized carbons (Fsp3) is 0.606. The van der Waals surface area contributed by atoms with Gasteiger partial charge < -0.3 is 10.2 Å². The van der Waals surface area contributed by atoms with Crippen LogP contribution in [0.1, 0.15) is 116 Å². The minimum Gasteiger partial charge on any atom is -0.507 e. The molecule has 0 spiro atoms. The third kappa shape index (κ3) is 6.69. The molecule has 4 heteroatoms. The zero-order valence-corrected chi connectivity index (χ0v) is 25.5. The summed E-state index contributed by atoms with van der Waals surface area (Å²) in [5, 5.41) is 22.5. The maximum Gasteiger partial charge on any atom is 0.234 e. The lowest BCUT2D eigenvalue weighted by atomic mass is 9.79. The maximum atomic E-state index is 11.2. The van der Waals surface area contributed by atoms with Gasteiger partial charge >= 0.3 is 0 Å². The standard InChI is InChI=1S/C33H50N2O2/c1-30(2,3)24-15-22(28(36)26(17-24)32(7,8)9)19-34-13-14-35(21-34)20-23-16-25(31(4,5)6)18-27(29(23)37)33(10,11)12/h15-18,21H,13-14,19-20H2,1-12H3,(H-,36,37)/p+1. The van der Waals surface area contributed by atoms with E-state index in [0.29, 0.717) is 24.6 Å². The maximum absolute atomic E-state index is 11.2. The van der Waals surface area contributed by atoms with E-state index in [0.717, 1.165) is 35.3 Å². The molecule has 0 fully saturated rings. The van der Waals surface area contributed by atoms with Gasteiger partial charge in [0.15, 0.2) is 0 Å². The second-order valence-electron chi connectivity index (χ2n) is 15.1. The fourth-order valence-electron chi connectivity index (χ4n) is 4.92. The molecule has 2 aromatic rings. The fourth-order valence-corrected chi connectivity index (χ4v) is 4.92. The van der Waals surface area contributed by atoms with Gasteiger partial charge in [0.2, 0.25) is 6.34 Å². The molecule has 2 aromatic carbocycles. The first-order valence-electron chi connectivity index (χ1n) is 13.7. The lowest BCUT2D eigenvalue weighted by Gasteiger charge is -2.27. The van der Waals surface area contributed by atoms with E-state index >= 15 is 0 Å². The molecule has 37 heavy (non-hydrogen) atoms. The third-order valence-electron chi connectivity index (χ3n) is 7.47. The van der Waals surface area contributed by atoms with Crippen molar-refractivity contribution in [2.24, 2.45) is 0 Å². The zero-order chi connectivity index (χ0) is 28.1. The van der Waals surface area contributed by atoms with Crippen molar-refractivity contribution >= 4 is 6.34 Å². The van der Waals surface area contributed by atoms with Crippen LogP contribution in [0.25, 0.3) is 0 Å². The molecule has 0 aromatic heterocycles. The highest BCUT2D eigenvalue weighted by atomic mass is 16.3. The first-order valence-corrected chi connectivity index (χ1v) is 13.7. The summed E-state index contributed by atoms with van der Waals surface area (Å²) in [5.41, 5.74) is 6.19. The molecule has 0 bridgehead atoms. The van der Waals surface area contributed by atoms with Gasteiger partial charge in [-0.05, 0) is 56.0 Å². The smallest absolute Gasteiger partial charge is 0.234 e. The van der Waals surface area contributed by atoms with Crippen molar-refractivity contribution in [2.75, 3.05) is 13.1 Å². The minimum absolute atomic E-state index is 0.00354. The van der Waals surface area contributed by atoms with Crippen LogP contribution in [0.2, 0.25) is 0 Å².